The largest absolute Gasteiger partial charge is 0.338 e. The molecule has 0 fully saturated rings. The van der Waals surface area contributed by atoms with E-state index in [0.29, 0.717) is 30.3 Å². The summed E-state index contributed by atoms with van der Waals surface area (Å²) in [5.41, 5.74) is 3.26. The molecule has 18 heavy (non-hydrogen) atoms. The molecular weight excluding hydrogens is 230 g/mol. The Bertz CT molecular complexity index is 415. The summed E-state index contributed by atoms with van der Waals surface area (Å²) < 4.78 is 0. The molecule has 0 bridgehead atoms. The van der Waals surface area contributed by atoms with Crippen LogP contribution >= 0.6 is 0 Å². The highest BCUT2D eigenvalue weighted by atomic mass is 16.2. The van der Waals surface area contributed by atoms with E-state index in [-0.39, 0.29) is 11.8 Å². The van der Waals surface area contributed by atoms with Crippen LogP contribution in [0.1, 0.15) is 49.9 Å². The lowest BCUT2D eigenvalue weighted by Crippen LogP contribution is -2.32. The van der Waals surface area contributed by atoms with Crippen LogP contribution < -0.4 is 11.3 Å². The minimum atomic E-state index is -0.128. The summed E-state index contributed by atoms with van der Waals surface area (Å²) in [6, 6.07) is 0. The Morgan fingerprint density at radius 3 is 2.50 bits per heavy atom. The van der Waals surface area contributed by atoms with E-state index in [0.717, 1.165) is 0 Å². The maximum atomic E-state index is 12.3. The van der Waals surface area contributed by atoms with E-state index in [1.54, 1.807) is 11.1 Å². The fourth-order valence-electron chi connectivity index (χ4n) is 1.60. The molecule has 0 aliphatic rings. The van der Waals surface area contributed by atoms with Crippen LogP contribution in [0.15, 0.2) is 6.20 Å². The van der Waals surface area contributed by atoms with Gasteiger partial charge in [0, 0.05) is 19.0 Å². The lowest BCUT2D eigenvalue weighted by atomic mass is 10.2. The monoisotopic (exact) mass is 251 g/mol. The van der Waals surface area contributed by atoms with E-state index < -0.39 is 0 Å². The van der Waals surface area contributed by atoms with Crippen LogP contribution in [0.5, 0.6) is 0 Å². The van der Waals surface area contributed by atoms with Gasteiger partial charge in [0.2, 0.25) is 0 Å². The summed E-state index contributed by atoms with van der Waals surface area (Å²) in [5, 5.41) is 0. The fourth-order valence-corrected chi connectivity index (χ4v) is 1.60. The van der Waals surface area contributed by atoms with Crippen molar-refractivity contribution < 1.29 is 4.79 Å². The Morgan fingerprint density at radius 1 is 1.44 bits per heavy atom. The molecule has 0 radical (unpaired) electrons. The van der Waals surface area contributed by atoms with E-state index >= 15 is 0 Å². The number of hydrogen-bond donors (Lipinski definition) is 2. The predicted molar refractivity (Wildman–Crippen MR) is 71.2 cm³/mol. The highest BCUT2D eigenvalue weighted by Crippen LogP contribution is 2.17. The number of nitrogen functional groups attached to an aromatic ring is 1. The van der Waals surface area contributed by atoms with Crippen LogP contribution in [-0.4, -0.2) is 33.9 Å². The van der Waals surface area contributed by atoms with Crippen molar-refractivity contribution in [2.24, 2.45) is 5.84 Å². The number of amides is 1. The van der Waals surface area contributed by atoms with Crippen LogP contribution in [0, 0.1) is 0 Å². The first-order valence-electron chi connectivity index (χ1n) is 6.17. The Balaban J connectivity index is 3.19. The predicted octanol–water partition coefficient (Wildman–Crippen LogP) is 1.37. The maximum Gasteiger partial charge on any atom is 0.274 e. The number of rotatable bonds is 5. The summed E-state index contributed by atoms with van der Waals surface area (Å²) in [6.07, 6.45) is 1.55. The minimum Gasteiger partial charge on any atom is -0.338 e. The second-order valence-corrected chi connectivity index (χ2v) is 4.27. The van der Waals surface area contributed by atoms with Crippen LogP contribution in [0.2, 0.25) is 0 Å². The highest BCUT2D eigenvalue weighted by molar-refractivity contribution is 5.97. The maximum absolute atomic E-state index is 12.3. The zero-order valence-electron chi connectivity index (χ0n) is 11.4. The molecule has 0 aliphatic heterocycles. The van der Waals surface area contributed by atoms with E-state index in [4.69, 9.17) is 5.84 Å². The molecule has 3 N–H and O–H groups in total. The Morgan fingerprint density at radius 2 is 2.06 bits per heavy atom. The smallest absolute Gasteiger partial charge is 0.274 e. The van der Waals surface area contributed by atoms with E-state index in [1.807, 2.05) is 27.7 Å². The zero-order valence-corrected chi connectivity index (χ0v) is 11.4. The number of anilines is 1. The first-order chi connectivity index (χ1) is 8.54. The van der Waals surface area contributed by atoms with Gasteiger partial charge in [-0.05, 0) is 13.8 Å². The highest BCUT2D eigenvalue weighted by Gasteiger charge is 2.20. The molecule has 0 atom stereocenters. The standard InChI is InChI=1S/C12H21N5O/c1-5-17(6-2)12(18)10-9(16-13)7-14-11(15-10)8(3)4/h7-8,16H,5-6,13H2,1-4H3. The normalized spacial score (nSPS) is 10.6. The zero-order chi connectivity index (χ0) is 13.7. The van der Waals surface area contributed by atoms with Crippen molar-refractivity contribution in [3.63, 3.8) is 0 Å². The molecule has 0 spiro atoms. The Hall–Kier alpha value is -1.69. The third kappa shape index (κ3) is 2.95. The molecule has 1 rings (SSSR count). The van der Waals surface area contributed by atoms with Crippen molar-refractivity contribution in [1.82, 2.24) is 14.9 Å². The van der Waals surface area contributed by atoms with Gasteiger partial charge in [-0.3, -0.25) is 10.6 Å². The van der Waals surface area contributed by atoms with E-state index in [9.17, 15) is 4.79 Å². The third-order valence-electron chi connectivity index (χ3n) is 2.73. The number of carbonyl (C=O) groups excluding carboxylic acids is 1. The molecule has 1 aromatic rings. The van der Waals surface area contributed by atoms with Gasteiger partial charge in [0.15, 0.2) is 5.69 Å². The number of carbonyl (C=O) groups is 1. The van der Waals surface area contributed by atoms with Gasteiger partial charge in [-0.1, -0.05) is 13.8 Å². The summed E-state index contributed by atoms with van der Waals surface area (Å²) in [5.74, 6) is 6.08. The first kappa shape index (κ1) is 14.4. The summed E-state index contributed by atoms with van der Waals surface area (Å²) >= 11 is 0. The second kappa shape index (κ2) is 6.30. The van der Waals surface area contributed by atoms with Gasteiger partial charge >= 0.3 is 0 Å². The molecular formula is C12H21N5O. The van der Waals surface area contributed by atoms with Crippen molar-refractivity contribution in [3.05, 3.63) is 17.7 Å². The van der Waals surface area contributed by atoms with E-state index in [1.165, 1.54) is 0 Å². The SMILES string of the molecule is CCN(CC)C(=O)c1nc(C(C)C)ncc1NN. The van der Waals surface area contributed by atoms with Crippen molar-refractivity contribution in [1.29, 1.82) is 0 Å². The van der Waals surface area contributed by atoms with Gasteiger partial charge in [-0.2, -0.15) is 0 Å². The molecule has 0 saturated carbocycles. The Kier molecular flexibility index (Phi) is 5.03. The number of nitrogens with two attached hydrogens (primary N) is 1. The first-order valence-corrected chi connectivity index (χ1v) is 6.17. The fraction of sp³-hybridized carbons (Fsp3) is 0.583. The quantitative estimate of drug-likeness (QED) is 0.610. The van der Waals surface area contributed by atoms with Crippen molar-refractivity contribution in [2.45, 2.75) is 33.6 Å². The van der Waals surface area contributed by atoms with Gasteiger partial charge in [0.05, 0.1) is 11.9 Å². The molecule has 6 heteroatoms. The lowest BCUT2D eigenvalue weighted by molar-refractivity contribution is 0.0767. The van der Waals surface area contributed by atoms with Crippen LogP contribution in [-0.2, 0) is 0 Å². The second-order valence-electron chi connectivity index (χ2n) is 4.27. The summed E-state index contributed by atoms with van der Waals surface area (Å²) in [4.78, 5) is 22.5. The summed E-state index contributed by atoms with van der Waals surface area (Å²) in [6.45, 7) is 9.11. The Labute approximate surface area is 108 Å². The molecule has 0 unspecified atom stereocenters. The van der Waals surface area contributed by atoms with Crippen molar-refractivity contribution >= 4 is 11.6 Å². The average molecular weight is 251 g/mol. The van der Waals surface area contributed by atoms with Crippen LogP contribution in [0.4, 0.5) is 5.69 Å². The number of nitrogens with zero attached hydrogens (tertiary/aromatic N) is 3. The summed E-state index contributed by atoms with van der Waals surface area (Å²) in [7, 11) is 0. The number of aromatic nitrogens is 2. The minimum absolute atomic E-state index is 0.128. The van der Waals surface area contributed by atoms with Gasteiger partial charge in [-0.15, -0.1) is 0 Å². The molecule has 0 aromatic carbocycles. The molecule has 0 aliphatic carbocycles. The van der Waals surface area contributed by atoms with Crippen LogP contribution in [0.25, 0.3) is 0 Å². The molecule has 1 aromatic heterocycles. The van der Waals surface area contributed by atoms with Gasteiger partial charge in [0.25, 0.3) is 5.91 Å². The number of hydrogen-bond acceptors (Lipinski definition) is 5. The lowest BCUT2D eigenvalue weighted by Gasteiger charge is -2.20. The number of hydrazine groups is 1. The molecule has 6 nitrogen and oxygen atoms in total. The van der Waals surface area contributed by atoms with Gasteiger partial charge < -0.3 is 10.3 Å². The van der Waals surface area contributed by atoms with Crippen molar-refractivity contribution in [2.75, 3.05) is 18.5 Å². The average Bonchev–Trinajstić information content (AvgIpc) is 2.39. The van der Waals surface area contributed by atoms with Crippen molar-refractivity contribution in [3.8, 4) is 0 Å². The van der Waals surface area contributed by atoms with E-state index in [2.05, 4.69) is 15.4 Å². The number of nitrogens with one attached hydrogen (secondary N) is 1. The molecule has 1 amide bonds. The molecule has 0 saturated heterocycles. The topological polar surface area (TPSA) is 84.1 Å². The molecule has 100 valence electrons. The van der Waals surface area contributed by atoms with Gasteiger partial charge in [-0.25, -0.2) is 9.97 Å². The van der Waals surface area contributed by atoms with Gasteiger partial charge in [0.1, 0.15) is 5.82 Å². The third-order valence-corrected chi connectivity index (χ3v) is 2.73. The van der Waals surface area contributed by atoms with Crippen LogP contribution in [0.3, 0.4) is 0 Å². The molecule has 1 heterocycles.